The molecule has 0 amide bonds. The van der Waals surface area contributed by atoms with Crippen LogP contribution >= 0.6 is 0 Å². The Hall–Kier alpha value is -1.21. The molecule has 78 valence electrons. The third kappa shape index (κ3) is 8.88. The minimum Gasteiger partial charge on any atom is -0.300 e. The van der Waals surface area contributed by atoms with E-state index in [4.69, 9.17) is 0 Å². The van der Waals surface area contributed by atoms with Crippen LogP contribution < -0.4 is 0 Å². The van der Waals surface area contributed by atoms with Crippen LogP contribution in [0.4, 0.5) is 0 Å². The monoisotopic (exact) mass is 192 g/mol. The maximum Gasteiger partial charge on any atom is 0.132 e. The Morgan fingerprint density at radius 2 is 1.57 bits per heavy atom. The van der Waals surface area contributed by atoms with Crippen LogP contribution in [-0.2, 0) is 4.79 Å². The van der Waals surface area contributed by atoms with Gasteiger partial charge in [-0.1, -0.05) is 19.3 Å². The fourth-order valence-electron chi connectivity index (χ4n) is 1.51. The second-order valence-electron chi connectivity index (χ2n) is 3.23. The summed E-state index contributed by atoms with van der Waals surface area (Å²) in [5.41, 5.74) is 0. The number of Topliss-reactive ketones (excluding diaryl/α,β-unsaturated/α-hetero) is 1. The average Bonchev–Trinajstić information content (AvgIpc) is 2.23. The van der Waals surface area contributed by atoms with Gasteiger partial charge in [0.2, 0.25) is 0 Å². The van der Waals surface area contributed by atoms with Gasteiger partial charge in [0.25, 0.3) is 0 Å². The van der Waals surface area contributed by atoms with Crippen molar-refractivity contribution in [3.8, 4) is 25.2 Å². The van der Waals surface area contributed by atoms with E-state index in [0.717, 1.165) is 12.8 Å². The first-order valence-electron chi connectivity index (χ1n) is 4.93. The molecule has 1 aliphatic rings. The number of hydrogen-bond acceptors (Lipinski definition) is 1. The number of hydrogen-bond donors (Lipinski definition) is 0. The summed E-state index contributed by atoms with van der Waals surface area (Å²) in [6.07, 6.45) is 18.8. The molecule has 0 heterocycles. The summed E-state index contributed by atoms with van der Waals surface area (Å²) in [4.78, 5) is 10.8. The number of carbonyl (C=O) groups is 1. The lowest BCUT2D eigenvalue weighted by Gasteiger charge is -2.17. The summed E-state index contributed by atoms with van der Waals surface area (Å²) >= 11 is 0. The Morgan fingerprint density at radius 3 is 1.79 bits per heavy atom. The Kier molecular flexibility index (Phi) is 12.9. The van der Waals surface area contributed by atoms with Gasteiger partial charge in [0.15, 0.2) is 0 Å². The molecule has 0 atom stereocenters. The Morgan fingerprint density at radius 1 is 1.21 bits per heavy atom. The summed E-state index contributed by atoms with van der Waals surface area (Å²) in [5, 5.41) is 0. The standard InChI is InChI=1S/C8H14O.C3H4.C2H2/c1-7(9)8-5-3-2-4-6-8;1-3-2;1-2/h8H,2-6H2,1H3;1H,2H3;1-2H. The molecule has 0 saturated heterocycles. The summed E-state index contributed by atoms with van der Waals surface area (Å²) < 4.78 is 0. The zero-order valence-corrected chi connectivity index (χ0v) is 9.25. The molecular formula is C13H20O. The van der Waals surface area contributed by atoms with Crippen molar-refractivity contribution in [3.63, 3.8) is 0 Å². The van der Waals surface area contributed by atoms with Gasteiger partial charge in [-0.25, -0.2) is 0 Å². The molecule has 1 heteroatoms. The molecule has 0 aromatic heterocycles. The van der Waals surface area contributed by atoms with Crippen molar-refractivity contribution < 1.29 is 4.79 Å². The lowest BCUT2D eigenvalue weighted by atomic mass is 9.87. The van der Waals surface area contributed by atoms with E-state index in [-0.39, 0.29) is 0 Å². The smallest absolute Gasteiger partial charge is 0.132 e. The Balaban J connectivity index is 0. The van der Waals surface area contributed by atoms with Crippen LogP contribution in [0.5, 0.6) is 0 Å². The lowest BCUT2D eigenvalue weighted by Crippen LogP contribution is -2.13. The highest BCUT2D eigenvalue weighted by Crippen LogP contribution is 2.23. The zero-order chi connectivity index (χ0) is 11.4. The van der Waals surface area contributed by atoms with Crippen LogP contribution in [0, 0.1) is 31.1 Å². The van der Waals surface area contributed by atoms with Crippen LogP contribution in [0.2, 0.25) is 0 Å². The van der Waals surface area contributed by atoms with Gasteiger partial charge in [-0.15, -0.1) is 25.2 Å². The van der Waals surface area contributed by atoms with Crippen LogP contribution in [0.25, 0.3) is 0 Å². The fraction of sp³-hybridized carbons (Fsp3) is 0.615. The highest BCUT2D eigenvalue weighted by Gasteiger charge is 2.16. The minimum atomic E-state index is 0.398. The molecule has 1 fully saturated rings. The molecule has 0 spiro atoms. The molecule has 1 aliphatic carbocycles. The second-order valence-corrected chi connectivity index (χ2v) is 3.23. The van der Waals surface area contributed by atoms with Gasteiger partial charge >= 0.3 is 0 Å². The molecular weight excluding hydrogens is 172 g/mol. The highest BCUT2D eigenvalue weighted by atomic mass is 16.1. The van der Waals surface area contributed by atoms with E-state index in [1.54, 1.807) is 13.8 Å². The van der Waals surface area contributed by atoms with E-state index in [1.165, 1.54) is 19.3 Å². The van der Waals surface area contributed by atoms with E-state index in [1.807, 2.05) is 0 Å². The molecule has 0 aromatic rings. The largest absolute Gasteiger partial charge is 0.300 e. The summed E-state index contributed by atoms with van der Waals surface area (Å²) in [7, 11) is 0. The molecule has 0 unspecified atom stereocenters. The van der Waals surface area contributed by atoms with Gasteiger partial charge in [-0.2, -0.15) is 0 Å². The molecule has 0 aromatic carbocycles. The molecule has 0 bridgehead atoms. The van der Waals surface area contributed by atoms with E-state index in [0.29, 0.717) is 11.7 Å². The quantitative estimate of drug-likeness (QED) is 0.584. The number of carbonyl (C=O) groups excluding carboxylic acids is 1. The van der Waals surface area contributed by atoms with Crippen molar-refractivity contribution in [1.29, 1.82) is 0 Å². The highest BCUT2D eigenvalue weighted by molar-refractivity contribution is 5.78. The maximum atomic E-state index is 10.8. The molecule has 14 heavy (non-hydrogen) atoms. The third-order valence-electron chi connectivity index (χ3n) is 2.18. The second kappa shape index (κ2) is 11.8. The van der Waals surface area contributed by atoms with Crippen molar-refractivity contribution in [2.24, 2.45) is 5.92 Å². The lowest BCUT2D eigenvalue weighted by molar-refractivity contribution is -0.121. The van der Waals surface area contributed by atoms with Crippen molar-refractivity contribution in [1.82, 2.24) is 0 Å². The van der Waals surface area contributed by atoms with Crippen LogP contribution in [-0.4, -0.2) is 5.78 Å². The molecule has 1 saturated carbocycles. The average molecular weight is 192 g/mol. The van der Waals surface area contributed by atoms with Crippen molar-refractivity contribution in [2.45, 2.75) is 46.0 Å². The Labute approximate surface area is 88.3 Å². The van der Waals surface area contributed by atoms with E-state index in [2.05, 4.69) is 25.2 Å². The number of ketones is 1. The number of rotatable bonds is 1. The molecule has 1 nitrogen and oxygen atoms in total. The van der Waals surface area contributed by atoms with E-state index < -0.39 is 0 Å². The van der Waals surface area contributed by atoms with Gasteiger partial charge in [0.1, 0.15) is 5.78 Å². The van der Waals surface area contributed by atoms with Gasteiger partial charge in [-0.05, 0) is 26.7 Å². The first-order valence-corrected chi connectivity index (χ1v) is 4.93. The van der Waals surface area contributed by atoms with Gasteiger partial charge in [0.05, 0.1) is 0 Å². The van der Waals surface area contributed by atoms with Gasteiger partial charge in [-0.3, -0.25) is 4.79 Å². The number of terminal acetylenes is 2. The molecule has 0 aliphatic heterocycles. The SMILES string of the molecule is C#C.C#CC.CC(=O)C1CCCCC1. The van der Waals surface area contributed by atoms with Gasteiger partial charge < -0.3 is 0 Å². The fourth-order valence-corrected chi connectivity index (χ4v) is 1.51. The van der Waals surface area contributed by atoms with Crippen LogP contribution in [0.15, 0.2) is 0 Å². The summed E-state index contributed by atoms with van der Waals surface area (Å²) in [6, 6.07) is 0. The summed E-state index contributed by atoms with van der Waals surface area (Å²) in [6.45, 7) is 3.37. The maximum absolute atomic E-state index is 10.8. The first-order chi connectivity index (χ1) is 6.72. The van der Waals surface area contributed by atoms with Crippen molar-refractivity contribution in [2.75, 3.05) is 0 Å². The molecule has 0 radical (unpaired) electrons. The van der Waals surface area contributed by atoms with Crippen LogP contribution in [0.1, 0.15) is 46.0 Å². The normalized spacial score (nSPS) is 14.8. The van der Waals surface area contributed by atoms with E-state index >= 15 is 0 Å². The predicted molar refractivity (Wildman–Crippen MR) is 61.7 cm³/mol. The molecule has 0 N–H and O–H groups in total. The van der Waals surface area contributed by atoms with E-state index in [9.17, 15) is 4.79 Å². The van der Waals surface area contributed by atoms with Crippen molar-refractivity contribution in [3.05, 3.63) is 0 Å². The van der Waals surface area contributed by atoms with Crippen LogP contribution in [0.3, 0.4) is 0 Å². The Bertz CT molecular complexity index is 189. The van der Waals surface area contributed by atoms with Gasteiger partial charge in [0, 0.05) is 5.92 Å². The first kappa shape index (κ1) is 15.3. The summed E-state index contributed by atoms with van der Waals surface area (Å²) in [5.74, 6) is 3.06. The predicted octanol–water partition coefficient (Wildman–Crippen LogP) is 3.04. The van der Waals surface area contributed by atoms with Crippen molar-refractivity contribution >= 4 is 5.78 Å². The zero-order valence-electron chi connectivity index (χ0n) is 9.25. The minimum absolute atomic E-state index is 0.398. The molecule has 1 rings (SSSR count). The topological polar surface area (TPSA) is 17.1 Å². The third-order valence-corrected chi connectivity index (χ3v) is 2.18.